The standard InChI is InChI=1S/C32H37FN4O3S/c1-23(30-32(39)37(22-24-8-3-4-9-27(24)33)28-10-5-6-11-29(28)41-30)31(38)34-16-7-17-35-18-20-36(21-19-35)25-12-14-26(40-2)15-13-25/h3-6,8-15,23,30H,7,16-22H2,1-2H3,(H,34,38)/t23-,30+/m0/s1. The molecule has 1 saturated heterocycles. The Balaban J connectivity index is 1.11. The molecule has 0 bridgehead atoms. The molecule has 2 aliphatic heterocycles. The van der Waals surface area contributed by atoms with Crippen LogP contribution in [0.1, 0.15) is 18.9 Å². The van der Waals surface area contributed by atoms with Crippen LogP contribution in [0.2, 0.25) is 0 Å². The van der Waals surface area contributed by atoms with Crippen LogP contribution in [0.5, 0.6) is 5.75 Å². The van der Waals surface area contributed by atoms with Gasteiger partial charge in [-0.2, -0.15) is 0 Å². The van der Waals surface area contributed by atoms with E-state index in [0.717, 1.165) is 55.5 Å². The predicted molar refractivity (Wildman–Crippen MR) is 162 cm³/mol. The van der Waals surface area contributed by atoms with E-state index in [2.05, 4.69) is 27.2 Å². The molecule has 9 heteroatoms. The Morgan fingerprint density at radius 2 is 1.73 bits per heavy atom. The third kappa shape index (κ3) is 6.85. The van der Waals surface area contributed by atoms with Crippen LogP contribution < -0.4 is 19.9 Å². The first-order valence-corrected chi connectivity index (χ1v) is 15.0. The summed E-state index contributed by atoms with van der Waals surface area (Å²) >= 11 is 1.42. The molecular formula is C32H37FN4O3S. The molecule has 0 saturated carbocycles. The van der Waals surface area contributed by atoms with Gasteiger partial charge in [0.15, 0.2) is 0 Å². The van der Waals surface area contributed by atoms with Crippen LogP contribution >= 0.6 is 11.8 Å². The summed E-state index contributed by atoms with van der Waals surface area (Å²) in [6.07, 6.45) is 0.842. The van der Waals surface area contributed by atoms with Crippen LogP contribution in [0.25, 0.3) is 0 Å². The molecule has 0 spiro atoms. The average Bonchev–Trinajstić information content (AvgIpc) is 3.01. The predicted octanol–water partition coefficient (Wildman–Crippen LogP) is 4.81. The highest BCUT2D eigenvalue weighted by Crippen LogP contribution is 2.42. The topological polar surface area (TPSA) is 65.1 Å². The maximum atomic E-state index is 14.4. The Labute approximate surface area is 245 Å². The number of methoxy groups -OCH3 is 1. The van der Waals surface area contributed by atoms with Crippen LogP contribution in [0, 0.1) is 11.7 Å². The van der Waals surface area contributed by atoms with Crippen molar-refractivity contribution in [1.29, 1.82) is 0 Å². The number of carbonyl (C=O) groups is 2. The van der Waals surface area contributed by atoms with Gasteiger partial charge in [-0.05, 0) is 55.4 Å². The SMILES string of the molecule is COc1ccc(N2CCN(CCCNC(=O)[C@@H](C)[C@H]3Sc4ccccc4N(Cc4ccccc4F)C3=O)CC2)cc1. The van der Waals surface area contributed by atoms with Crippen molar-refractivity contribution in [3.05, 3.63) is 84.2 Å². The molecule has 3 aromatic carbocycles. The fourth-order valence-corrected chi connectivity index (χ4v) is 6.64. The summed E-state index contributed by atoms with van der Waals surface area (Å²) < 4.78 is 19.7. The number of para-hydroxylation sites is 1. The fraction of sp³-hybridized carbons (Fsp3) is 0.375. The lowest BCUT2D eigenvalue weighted by Gasteiger charge is -2.36. The average molecular weight is 577 g/mol. The molecule has 0 radical (unpaired) electrons. The van der Waals surface area contributed by atoms with E-state index < -0.39 is 11.2 Å². The van der Waals surface area contributed by atoms with Gasteiger partial charge in [-0.15, -0.1) is 11.8 Å². The first-order chi connectivity index (χ1) is 19.9. The number of carbonyl (C=O) groups excluding carboxylic acids is 2. The van der Waals surface area contributed by atoms with Gasteiger partial charge < -0.3 is 19.9 Å². The van der Waals surface area contributed by atoms with E-state index in [4.69, 9.17) is 4.74 Å². The number of anilines is 2. The van der Waals surface area contributed by atoms with E-state index in [1.165, 1.54) is 23.5 Å². The van der Waals surface area contributed by atoms with Gasteiger partial charge in [-0.25, -0.2) is 4.39 Å². The number of thioether (sulfide) groups is 1. The second-order valence-electron chi connectivity index (χ2n) is 10.5. The number of fused-ring (bicyclic) bond motifs is 1. The van der Waals surface area contributed by atoms with Crippen LogP contribution in [0.15, 0.2) is 77.7 Å². The van der Waals surface area contributed by atoms with Gasteiger partial charge >= 0.3 is 0 Å². The highest BCUT2D eigenvalue weighted by molar-refractivity contribution is 8.01. The van der Waals surface area contributed by atoms with E-state index in [-0.39, 0.29) is 24.2 Å². The number of rotatable bonds is 10. The first-order valence-electron chi connectivity index (χ1n) is 14.1. The van der Waals surface area contributed by atoms with E-state index in [0.29, 0.717) is 12.1 Å². The van der Waals surface area contributed by atoms with E-state index >= 15 is 0 Å². The molecule has 41 heavy (non-hydrogen) atoms. The molecular weight excluding hydrogens is 539 g/mol. The number of nitrogens with one attached hydrogen (secondary N) is 1. The summed E-state index contributed by atoms with van der Waals surface area (Å²) in [6, 6.07) is 22.3. The molecule has 2 amide bonds. The molecule has 5 rings (SSSR count). The minimum atomic E-state index is -0.581. The number of hydrogen-bond acceptors (Lipinski definition) is 6. The Hall–Kier alpha value is -3.56. The lowest BCUT2D eigenvalue weighted by molar-refractivity contribution is -0.128. The van der Waals surface area contributed by atoms with Crippen molar-refractivity contribution in [2.75, 3.05) is 56.2 Å². The number of ether oxygens (including phenoxy) is 1. The van der Waals surface area contributed by atoms with Gasteiger partial charge in [0.2, 0.25) is 11.8 Å². The highest BCUT2D eigenvalue weighted by atomic mass is 32.2. The van der Waals surface area contributed by atoms with Crippen LogP contribution in [-0.4, -0.2) is 68.3 Å². The van der Waals surface area contributed by atoms with Gasteiger partial charge in [0, 0.05) is 48.9 Å². The van der Waals surface area contributed by atoms with Gasteiger partial charge in [-0.1, -0.05) is 37.3 Å². The lowest BCUT2D eigenvalue weighted by Crippen LogP contribution is -2.48. The molecule has 1 N–H and O–H groups in total. The maximum absolute atomic E-state index is 14.4. The summed E-state index contributed by atoms with van der Waals surface area (Å²) in [5.74, 6) is -0.322. The minimum absolute atomic E-state index is 0.125. The fourth-order valence-electron chi connectivity index (χ4n) is 5.35. The van der Waals surface area contributed by atoms with Gasteiger partial charge in [0.25, 0.3) is 0 Å². The minimum Gasteiger partial charge on any atom is -0.497 e. The third-order valence-corrected chi connectivity index (χ3v) is 9.30. The van der Waals surface area contributed by atoms with E-state index in [1.54, 1.807) is 37.1 Å². The highest BCUT2D eigenvalue weighted by Gasteiger charge is 2.39. The summed E-state index contributed by atoms with van der Waals surface area (Å²) in [5, 5.41) is 2.47. The normalized spacial score (nSPS) is 18.1. The van der Waals surface area contributed by atoms with Crippen molar-refractivity contribution in [3.63, 3.8) is 0 Å². The molecule has 216 valence electrons. The molecule has 0 aliphatic carbocycles. The molecule has 0 aromatic heterocycles. The zero-order chi connectivity index (χ0) is 28.8. The number of benzene rings is 3. The second kappa shape index (κ2) is 13.4. The largest absolute Gasteiger partial charge is 0.497 e. The number of piperazine rings is 1. The number of hydrogen-bond donors (Lipinski definition) is 1. The summed E-state index contributed by atoms with van der Waals surface area (Å²) in [7, 11) is 1.67. The molecule has 7 nitrogen and oxygen atoms in total. The monoisotopic (exact) mass is 576 g/mol. The van der Waals surface area contributed by atoms with Crippen molar-refractivity contribution >= 4 is 35.0 Å². The smallest absolute Gasteiger partial charge is 0.241 e. The first kappa shape index (κ1) is 29.0. The lowest BCUT2D eigenvalue weighted by atomic mass is 10.0. The molecule has 1 fully saturated rings. The Morgan fingerprint density at radius 1 is 1.02 bits per heavy atom. The Morgan fingerprint density at radius 3 is 2.46 bits per heavy atom. The zero-order valence-corrected chi connectivity index (χ0v) is 24.4. The quantitative estimate of drug-likeness (QED) is 0.350. The molecule has 2 aliphatic rings. The maximum Gasteiger partial charge on any atom is 0.241 e. The van der Waals surface area contributed by atoms with Crippen LogP contribution in [-0.2, 0) is 16.1 Å². The number of halogens is 1. The van der Waals surface area contributed by atoms with Gasteiger partial charge in [0.05, 0.1) is 25.3 Å². The van der Waals surface area contributed by atoms with E-state index in [1.807, 2.05) is 36.4 Å². The second-order valence-corrected chi connectivity index (χ2v) is 11.7. The number of amides is 2. The van der Waals surface area contributed by atoms with Crippen LogP contribution in [0.3, 0.4) is 0 Å². The summed E-state index contributed by atoms with van der Waals surface area (Å²) in [6.45, 7) is 7.26. The summed E-state index contributed by atoms with van der Waals surface area (Å²) in [5.41, 5.74) is 2.40. The van der Waals surface area contributed by atoms with Gasteiger partial charge in [-0.3, -0.25) is 14.5 Å². The molecule has 2 atom stereocenters. The van der Waals surface area contributed by atoms with Crippen molar-refractivity contribution < 1.29 is 18.7 Å². The molecule has 0 unspecified atom stereocenters. The molecule has 2 heterocycles. The van der Waals surface area contributed by atoms with Crippen LogP contribution in [0.4, 0.5) is 15.8 Å². The molecule has 3 aromatic rings. The zero-order valence-electron chi connectivity index (χ0n) is 23.6. The van der Waals surface area contributed by atoms with Crippen molar-refractivity contribution in [1.82, 2.24) is 10.2 Å². The number of nitrogens with zero attached hydrogens (tertiary/aromatic N) is 3. The Bertz CT molecular complexity index is 1350. The third-order valence-electron chi connectivity index (χ3n) is 7.83. The Kier molecular flexibility index (Phi) is 9.46. The van der Waals surface area contributed by atoms with Crippen molar-refractivity contribution in [2.24, 2.45) is 5.92 Å². The summed E-state index contributed by atoms with van der Waals surface area (Å²) in [4.78, 5) is 34.1. The van der Waals surface area contributed by atoms with Crippen molar-refractivity contribution in [3.8, 4) is 5.75 Å². The van der Waals surface area contributed by atoms with Gasteiger partial charge in [0.1, 0.15) is 16.8 Å². The van der Waals surface area contributed by atoms with E-state index in [9.17, 15) is 14.0 Å². The van der Waals surface area contributed by atoms with Crippen molar-refractivity contribution in [2.45, 2.75) is 30.0 Å².